The van der Waals surface area contributed by atoms with Gasteiger partial charge in [-0.25, -0.2) is 9.78 Å². The molecule has 1 amide bonds. The van der Waals surface area contributed by atoms with Gasteiger partial charge in [-0.3, -0.25) is 4.79 Å². The number of aliphatic carboxylic acids is 1. The molecule has 6 heteroatoms. The highest BCUT2D eigenvalue weighted by atomic mass is 16.5. The summed E-state index contributed by atoms with van der Waals surface area (Å²) in [7, 11) is 0. The molecule has 3 aromatic rings. The molecular weight excluding hydrogens is 464 g/mol. The van der Waals surface area contributed by atoms with E-state index in [9.17, 15) is 14.7 Å². The summed E-state index contributed by atoms with van der Waals surface area (Å²) in [4.78, 5) is 29.7. The number of aromatic nitrogens is 1. The zero-order valence-electron chi connectivity index (χ0n) is 22.2. The number of amides is 1. The van der Waals surface area contributed by atoms with Gasteiger partial charge in [0.05, 0.1) is 0 Å². The van der Waals surface area contributed by atoms with Crippen LogP contribution >= 0.6 is 0 Å². The summed E-state index contributed by atoms with van der Waals surface area (Å²) in [6.07, 6.45) is 7.03. The number of nitrogens with zero attached hydrogens (tertiary/aromatic N) is 1. The van der Waals surface area contributed by atoms with Gasteiger partial charge in [0.2, 0.25) is 0 Å². The van der Waals surface area contributed by atoms with Crippen LogP contribution in [0.1, 0.15) is 75.1 Å². The largest absolute Gasteiger partial charge is 0.480 e. The van der Waals surface area contributed by atoms with Crippen LogP contribution in [0.3, 0.4) is 0 Å². The molecule has 4 rings (SSSR count). The number of ether oxygens (including phenoxy) is 1. The third-order valence-corrected chi connectivity index (χ3v) is 6.87. The number of carboxylic acids is 1. The van der Waals surface area contributed by atoms with Crippen LogP contribution in [0, 0.1) is 11.3 Å². The van der Waals surface area contributed by atoms with Crippen molar-refractivity contribution in [2.75, 3.05) is 0 Å². The van der Waals surface area contributed by atoms with E-state index in [2.05, 4.69) is 43.4 Å². The zero-order valence-corrected chi connectivity index (χ0v) is 22.2. The molecule has 1 aromatic heterocycles. The molecule has 0 spiro atoms. The summed E-state index contributed by atoms with van der Waals surface area (Å²) in [6.45, 7) is 9.68. The summed E-state index contributed by atoms with van der Waals surface area (Å²) in [5.74, 6) is 0.782. The molecule has 1 heterocycles. The summed E-state index contributed by atoms with van der Waals surface area (Å²) < 4.78 is 6.16. The maximum atomic E-state index is 13.1. The highest BCUT2D eigenvalue weighted by molar-refractivity contribution is 5.99. The molecule has 1 aliphatic rings. The smallest absolute Gasteiger partial charge is 0.326 e. The van der Waals surface area contributed by atoms with Crippen molar-refractivity contribution in [1.29, 1.82) is 0 Å². The minimum Gasteiger partial charge on any atom is -0.480 e. The second-order valence-corrected chi connectivity index (χ2v) is 11.3. The summed E-state index contributed by atoms with van der Waals surface area (Å²) in [5.41, 5.74) is 1.66. The van der Waals surface area contributed by atoms with E-state index in [-0.39, 0.29) is 5.69 Å². The Kier molecular flexibility index (Phi) is 7.67. The fraction of sp³-hybridized carbons (Fsp3) is 0.387. The lowest BCUT2D eigenvalue weighted by Crippen LogP contribution is -2.49. The number of hydrogen-bond donors (Lipinski definition) is 2. The van der Waals surface area contributed by atoms with Gasteiger partial charge < -0.3 is 15.2 Å². The van der Waals surface area contributed by atoms with Crippen LogP contribution in [0.4, 0.5) is 0 Å². The maximum Gasteiger partial charge on any atom is 0.326 e. The average Bonchev–Trinajstić information content (AvgIpc) is 3.35. The number of hydrogen-bond acceptors (Lipinski definition) is 4. The van der Waals surface area contributed by atoms with Crippen LogP contribution in [0.2, 0.25) is 0 Å². The van der Waals surface area contributed by atoms with Gasteiger partial charge in [0.1, 0.15) is 23.2 Å². The molecule has 2 N–H and O–H groups in total. The Bertz CT molecular complexity index is 1310. The Morgan fingerprint density at radius 2 is 1.68 bits per heavy atom. The lowest BCUT2D eigenvalue weighted by atomic mass is 9.86. The summed E-state index contributed by atoms with van der Waals surface area (Å²) in [6, 6.07) is 14.6. The molecule has 1 aliphatic carbocycles. The Morgan fingerprint density at radius 1 is 1.03 bits per heavy atom. The first-order valence-corrected chi connectivity index (χ1v) is 12.9. The van der Waals surface area contributed by atoms with E-state index < -0.39 is 23.3 Å². The van der Waals surface area contributed by atoms with E-state index in [4.69, 9.17) is 9.72 Å². The van der Waals surface area contributed by atoms with E-state index in [0.29, 0.717) is 17.6 Å². The minimum atomic E-state index is -1.07. The Morgan fingerprint density at radius 3 is 2.27 bits per heavy atom. The van der Waals surface area contributed by atoms with Crippen molar-refractivity contribution in [3.63, 3.8) is 0 Å². The molecule has 0 fully saturated rings. The molecule has 0 unspecified atom stereocenters. The van der Waals surface area contributed by atoms with Crippen LogP contribution in [0.15, 0.2) is 60.7 Å². The molecule has 37 heavy (non-hydrogen) atoms. The first-order valence-electron chi connectivity index (χ1n) is 12.9. The quantitative estimate of drug-likeness (QED) is 0.329. The average molecular weight is 501 g/mol. The number of pyridine rings is 1. The molecule has 0 radical (unpaired) electrons. The monoisotopic (exact) mass is 500 g/mol. The number of carbonyl (C=O) groups is 2. The van der Waals surface area contributed by atoms with Crippen molar-refractivity contribution in [2.24, 2.45) is 11.3 Å². The first-order chi connectivity index (χ1) is 17.5. The molecule has 6 nitrogen and oxygen atoms in total. The standard InChI is InChI=1S/C31H36N2O4/c1-19(2)21-10-13-23(14-11-21)37-24-15-12-22-17-27(29(34)33-28(30(35)36)31(3,4)5)32-26(25(22)18-24)16-20-8-6-7-9-20/h6-7,10-15,17-20,28H,8-9,16H2,1-5H3,(H,33,34)(H,35,36)/t28-/m1/s1. The van der Waals surface area contributed by atoms with E-state index >= 15 is 0 Å². The van der Waals surface area contributed by atoms with E-state index in [1.165, 1.54) is 5.56 Å². The van der Waals surface area contributed by atoms with Gasteiger partial charge in [-0.05, 0) is 77.8 Å². The van der Waals surface area contributed by atoms with Crippen LogP contribution in [0.5, 0.6) is 11.5 Å². The second kappa shape index (κ2) is 10.8. The topological polar surface area (TPSA) is 88.5 Å². The number of rotatable bonds is 8. The van der Waals surface area contributed by atoms with E-state index in [1.807, 2.05) is 30.3 Å². The second-order valence-electron chi connectivity index (χ2n) is 11.3. The highest BCUT2D eigenvalue weighted by Crippen LogP contribution is 2.31. The van der Waals surface area contributed by atoms with Gasteiger partial charge in [-0.15, -0.1) is 0 Å². The van der Waals surface area contributed by atoms with Crippen LogP contribution in [0.25, 0.3) is 10.8 Å². The van der Waals surface area contributed by atoms with E-state index in [0.717, 1.165) is 41.5 Å². The molecular formula is C31H36N2O4. The number of carbonyl (C=O) groups excluding carboxylic acids is 1. The SMILES string of the molecule is CC(C)c1ccc(Oc2ccc3cc(C(=O)N[C@H](C(=O)O)C(C)(C)C)nc(CC4CC=CC4)c3c2)cc1. The predicted molar refractivity (Wildman–Crippen MR) is 146 cm³/mol. The minimum absolute atomic E-state index is 0.224. The van der Waals surface area contributed by atoms with Crippen molar-refractivity contribution in [3.8, 4) is 11.5 Å². The molecule has 2 aromatic carbocycles. The van der Waals surface area contributed by atoms with Crippen molar-refractivity contribution in [2.45, 2.75) is 65.8 Å². The maximum absolute atomic E-state index is 13.1. The van der Waals surface area contributed by atoms with Crippen LogP contribution in [-0.2, 0) is 11.2 Å². The molecule has 0 saturated carbocycles. The lowest BCUT2D eigenvalue weighted by molar-refractivity contribution is -0.142. The molecule has 194 valence electrons. The Labute approximate surface area is 218 Å². The van der Waals surface area contributed by atoms with Gasteiger partial charge in [-0.1, -0.05) is 65.0 Å². The summed E-state index contributed by atoms with van der Waals surface area (Å²) >= 11 is 0. The third-order valence-electron chi connectivity index (χ3n) is 6.87. The first kappa shape index (κ1) is 26.4. The van der Waals surface area contributed by atoms with Gasteiger partial charge in [0.25, 0.3) is 5.91 Å². The molecule has 0 bridgehead atoms. The van der Waals surface area contributed by atoms with Crippen LogP contribution in [-0.4, -0.2) is 28.0 Å². The number of allylic oxidation sites excluding steroid dienone is 2. The molecule has 1 atom stereocenters. The van der Waals surface area contributed by atoms with Crippen molar-refractivity contribution < 1.29 is 19.4 Å². The van der Waals surface area contributed by atoms with Crippen molar-refractivity contribution >= 4 is 22.6 Å². The van der Waals surface area contributed by atoms with Crippen LogP contribution < -0.4 is 10.1 Å². The van der Waals surface area contributed by atoms with Gasteiger partial charge >= 0.3 is 5.97 Å². The van der Waals surface area contributed by atoms with Gasteiger partial charge in [0, 0.05) is 11.1 Å². The lowest BCUT2D eigenvalue weighted by Gasteiger charge is -2.27. The number of benzene rings is 2. The zero-order chi connectivity index (χ0) is 26.7. The Balaban J connectivity index is 1.67. The number of fused-ring (bicyclic) bond motifs is 1. The number of nitrogens with one attached hydrogen (secondary N) is 1. The van der Waals surface area contributed by atoms with Gasteiger partial charge in [0.15, 0.2) is 0 Å². The fourth-order valence-electron chi connectivity index (χ4n) is 4.66. The highest BCUT2D eigenvalue weighted by Gasteiger charge is 2.33. The Hall–Kier alpha value is -3.67. The molecule has 0 saturated heterocycles. The predicted octanol–water partition coefficient (Wildman–Crippen LogP) is 6.89. The summed E-state index contributed by atoms with van der Waals surface area (Å²) in [5, 5.41) is 14.1. The number of carboxylic acid groups (broad SMARTS) is 1. The normalized spacial score (nSPS) is 14.8. The molecule has 0 aliphatic heterocycles. The van der Waals surface area contributed by atoms with Gasteiger partial charge in [-0.2, -0.15) is 0 Å². The van der Waals surface area contributed by atoms with Crippen molar-refractivity contribution in [3.05, 3.63) is 77.6 Å². The fourth-order valence-corrected chi connectivity index (χ4v) is 4.66. The van der Waals surface area contributed by atoms with Crippen molar-refractivity contribution in [1.82, 2.24) is 10.3 Å². The third kappa shape index (κ3) is 6.37. The van der Waals surface area contributed by atoms with E-state index in [1.54, 1.807) is 26.8 Å².